The molecule has 98 valence electrons. The summed E-state index contributed by atoms with van der Waals surface area (Å²) < 4.78 is 0. The molecule has 5 nitrogen and oxygen atoms in total. The maximum Gasteiger partial charge on any atom is 0.234 e. The number of aryl methyl sites for hydroxylation is 1. The first-order valence-electron chi connectivity index (χ1n) is 6.22. The first-order valence-corrected chi connectivity index (χ1v) is 6.22. The van der Waals surface area contributed by atoms with Gasteiger partial charge in [0.25, 0.3) is 0 Å². The number of nitrogens with one attached hydrogen (secondary N) is 1. The fraction of sp³-hybridized carbons (Fsp3) is 0.286. The van der Waals surface area contributed by atoms with Gasteiger partial charge in [0.1, 0.15) is 5.82 Å². The predicted molar refractivity (Wildman–Crippen MR) is 72.7 cm³/mol. The summed E-state index contributed by atoms with van der Waals surface area (Å²) in [5.74, 6) is 0.0524. The highest BCUT2D eigenvalue weighted by Gasteiger charge is 2.17. The topological polar surface area (TPSA) is 67.8 Å². The van der Waals surface area contributed by atoms with Gasteiger partial charge in [-0.15, -0.1) is 0 Å². The molecule has 2 aromatic heterocycles. The zero-order chi connectivity index (χ0) is 13.7. The van der Waals surface area contributed by atoms with E-state index in [0.717, 1.165) is 12.0 Å². The van der Waals surface area contributed by atoms with Crippen LogP contribution in [0.3, 0.4) is 0 Å². The molecule has 0 spiro atoms. The molecule has 2 aromatic rings. The molecule has 0 aliphatic rings. The largest absolute Gasteiger partial charge is 0.310 e. The molecule has 0 aliphatic heterocycles. The van der Waals surface area contributed by atoms with Crippen LogP contribution < -0.4 is 5.32 Å². The Bertz CT molecular complexity index is 539. The van der Waals surface area contributed by atoms with Gasteiger partial charge in [0.15, 0.2) is 0 Å². The number of nitrogens with zero attached hydrogens (tertiary/aromatic N) is 3. The molecule has 1 N–H and O–H groups in total. The van der Waals surface area contributed by atoms with Gasteiger partial charge in [0.05, 0.1) is 11.6 Å². The summed E-state index contributed by atoms with van der Waals surface area (Å²) in [5, 5.41) is 2.77. The molecule has 0 fully saturated rings. The number of hydrogen-bond donors (Lipinski definition) is 1. The van der Waals surface area contributed by atoms with Gasteiger partial charge in [0.2, 0.25) is 5.91 Å². The van der Waals surface area contributed by atoms with Crippen molar-refractivity contribution in [3.63, 3.8) is 0 Å². The van der Waals surface area contributed by atoms with Gasteiger partial charge in [-0.1, -0.05) is 13.0 Å². The van der Waals surface area contributed by atoms with Crippen molar-refractivity contribution >= 4 is 11.7 Å². The van der Waals surface area contributed by atoms with E-state index in [1.807, 2.05) is 6.07 Å². The highest BCUT2D eigenvalue weighted by molar-refractivity contribution is 5.94. The SMILES string of the molecule is CCc1ccc(NC(=O)C(C)c2cnccn2)nc1. The molecule has 0 saturated heterocycles. The lowest BCUT2D eigenvalue weighted by Crippen LogP contribution is -2.20. The zero-order valence-corrected chi connectivity index (χ0v) is 11.0. The number of carbonyl (C=O) groups is 1. The number of rotatable bonds is 4. The Kier molecular flexibility index (Phi) is 4.18. The third kappa shape index (κ3) is 3.34. The molecule has 0 aromatic carbocycles. The molecule has 19 heavy (non-hydrogen) atoms. The fourth-order valence-corrected chi connectivity index (χ4v) is 1.61. The molecule has 1 atom stereocenters. The Balaban J connectivity index is 2.04. The number of amides is 1. The Hall–Kier alpha value is -2.30. The normalized spacial score (nSPS) is 11.9. The van der Waals surface area contributed by atoms with E-state index in [1.165, 1.54) is 0 Å². The second-order valence-electron chi connectivity index (χ2n) is 4.25. The Labute approximate surface area is 112 Å². The molecule has 0 saturated carbocycles. The standard InChI is InChI=1S/C14H16N4O/c1-3-11-4-5-13(17-8-11)18-14(19)10(2)12-9-15-6-7-16-12/h4-10H,3H2,1-2H3,(H,17,18,19). The van der Waals surface area contributed by atoms with E-state index in [2.05, 4.69) is 27.2 Å². The average molecular weight is 256 g/mol. The zero-order valence-electron chi connectivity index (χ0n) is 11.0. The second-order valence-corrected chi connectivity index (χ2v) is 4.25. The Morgan fingerprint density at radius 1 is 1.26 bits per heavy atom. The van der Waals surface area contributed by atoms with Gasteiger partial charge < -0.3 is 5.32 Å². The highest BCUT2D eigenvalue weighted by atomic mass is 16.1. The maximum atomic E-state index is 12.0. The molecular formula is C14H16N4O. The van der Waals surface area contributed by atoms with Gasteiger partial charge >= 0.3 is 0 Å². The molecule has 0 bridgehead atoms. The van der Waals surface area contributed by atoms with Crippen LogP contribution >= 0.6 is 0 Å². The Morgan fingerprint density at radius 3 is 2.68 bits per heavy atom. The minimum atomic E-state index is -0.360. The summed E-state index contributed by atoms with van der Waals surface area (Å²) in [4.78, 5) is 24.3. The van der Waals surface area contributed by atoms with Crippen molar-refractivity contribution in [2.24, 2.45) is 0 Å². The van der Waals surface area contributed by atoms with E-state index >= 15 is 0 Å². The van der Waals surface area contributed by atoms with Crippen molar-refractivity contribution in [1.29, 1.82) is 0 Å². The summed E-state index contributed by atoms with van der Waals surface area (Å²) in [7, 11) is 0. The van der Waals surface area contributed by atoms with Crippen LogP contribution in [0.15, 0.2) is 36.9 Å². The maximum absolute atomic E-state index is 12.0. The summed E-state index contributed by atoms with van der Waals surface area (Å²) in [5.41, 5.74) is 1.78. The van der Waals surface area contributed by atoms with E-state index < -0.39 is 0 Å². The first-order chi connectivity index (χ1) is 9.20. The molecule has 0 aliphatic carbocycles. The number of anilines is 1. The van der Waals surface area contributed by atoms with Crippen LogP contribution in [0, 0.1) is 0 Å². The van der Waals surface area contributed by atoms with E-state index in [0.29, 0.717) is 11.5 Å². The smallest absolute Gasteiger partial charge is 0.234 e. The number of aromatic nitrogens is 3. The van der Waals surface area contributed by atoms with Crippen molar-refractivity contribution in [3.05, 3.63) is 48.2 Å². The van der Waals surface area contributed by atoms with Gasteiger partial charge in [0, 0.05) is 24.8 Å². The third-order valence-electron chi connectivity index (χ3n) is 2.90. The van der Waals surface area contributed by atoms with Crippen LogP contribution in [0.2, 0.25) is 0 Å². The van der Waals surface area contributed by atoms with Crippen LogP contribution in [0.4, 0.5) is 5.82 Å². The predicted octanol–water partition coefficient (Wildman–Crippen LogP) is 2.18. The van der Waals surface area contributed by atoms with Gasteiger partial charge in [-0.25, -0.2) is 4.98 Å². The fourth-order valence-electron chi connectivity index (χ4n) is 1.61. The van der Waals surface area contributed by atoms with Crippen LogP contribution in [-0.2, 0) is 11.2 Å². The minimum Gasteiger partial charge on any atom is -0.310 e. The van der Waals surface area contributed by atoms with Gasteiger partial charge in [-0.3, -0.25) is 14.8 Å². The van der Waals surface area contributed by atoms with Crippen molar-refractivity contribution < 1.29 is 4.79 Å². The quantitative estimate of drug-likeness (QED) is 0.910. The summed E-state index contributed by atoms with van der Waals surface area (Å²) in [6, 6.07) is 3.76. The number of carbonyl (C=O) groups excluding carboxylic acids is 1. The van der Waals surface area contributed by atoms with E-state index in [4.69, 9.17) is 0 Å². The summed E-state index contributed by atoms with van der Waals surface area (Å²) in [6.07, 6.45) is 7.45. The second kappa shape index (κ2) is 6.04. The molecule has 5 heteroatoms. The summed E-state index contributed by atoms with van der Waals surface area (Å²) in [6.45, 7) is 3.85. The summed E-state index contributed by atoms with van der Waals surface area (Å²) >= 11 is 0. The lowest BCUT2D eigenvalue weighted by atomic mass is 10.1. The van der Waals surface area contributed by atoms with Gasteiger partial charge in [-0.05, 0) is 25.0 Å². The van der Waals surface area contributed by atoms with E-state index in [9.17, 15) is 4.79 Å². The molecule has 1 unspecified atom stereocenters. The number of pyridine rings is 1. The van der Waals surface area contributed by atoms with Crippen molar-refractivity contribution in [1.82, 2.24) is 15.0 Å². The average Bonchev–Trinajstić information content (AvgIpc) is 2.48. The molecule has 2 heterocycles. The van der Waals surface area contributed by atoms with Crippen LogP contribution in [-0.4, -0.2) is 20.9 Å². The van der Waals surface area contributed by atoms with Crippen molar-refractivity contribution in [2.75, 3.05) is 5.32 Å². The minimum absolute atomic E-state index is 0.141. The molecule has 0 radical (unpaired) electrons. The van der Waals surface area contributed by atoms with Crippen LogP contribution in [0.1, 0.15) is 31.0 Å². The lowest BCUT2D eigenvalue weighted by Gasteiger charge is -2.10. The highest BCUT2D eigenvalue weighted by Crippen LogP contribution is 2.14. The van der Waals surface area contributed by atoms with Crippen LogP contribution in [0.5, 0.6) is 0 Å². The monoisotopic (exact) mass is 256 g/mol. The van der Waals surface area contributed by atoms with Crippen molar-refractivity contribution in [2.45, 2.75) is 26.2 Å². The Morgan fingerprint density at radius 2 is 2.11 bits per heavy atom. The molecule has 2 rings (SSSR count). The van der Waals surface area contributed by atoms with Gasteiger partial charge in [-0.2, -0.15) is 0 Å². The molecule has 1 amide bonds. The first kappa shape index (κ1) is 13.1. The van der Waals surface area contributed by atoms with E-state index in [1.54, 1.807) is 37.8 Å². The molecular weight excluding hydrogens is 240 g/mol. The third-order valence-corrected chi connectivity index (χ3v) is 2.90. The number of hydrogen-bond acceptors (Lipinski definition) is 4. The van der Waals surface area contributed by atoms with Crippen LogP contribution in [0.25, 0.3) is 0 Å². The lowest BCUT2D eigenvalue weighted by molar-refractivity contribution is -0.117. The van der Waals surface area contributed by atoms with Crippen molar-refractivity contribution in [3.8, 4) is 0 Å². The van der Waals surface area contributed by atoms with E-state index in [-0.39, 0.29) is 11.8 Å².